The highest BCUT2D eigenvalue weighted by atomic mass is 35.5. The second kappa shape index (κ2) is 11.8. The van der Waals surface area contributed by atoms with Gasteiger partial charge in [-0.05, 0) is 53.9 Å². The average molecular weight is 576 g/mol. The summed E-state index contributed by atoms with van der Waals surface area (Å²) in [4.78, 5) is 4.82. The maximum absolute atomic E-state index is 12.6. The van der Waals surface area contributed by atoms with Gasteiger partial charge in [-0.2, -0.15) is 0 Å². The Balaban J connectivity index is 1.31. The number of aromatic nitrogens is 1. The lowest BCUT2D eigenvalue weighted by atomic mass is 10.0. The van der Waals surface area contributed by atoms with Crippen LogP contribution in [-0.4, -0.2) is 46.9 Å². The number of ether oxygens (including phenoxy) is 1. The Morgan fingerprint density at radius 3 is 2.10 bits per heavy atom. The van der Waals surface area contributed by atoms with Crippen LogP contribution in [0.5, 0.6) is 5.75 Å². The molecule has 39 heavy (non-hydrogen) atoms. The van der Waals surface area contributed by atoms with E-state index in [1.54, 1.807) is 12.1 Å². The average Bonchev–Trinajstić information content (AvgIpc) is 3.25. The highest BCUT2D eigenvalue weighted by molar-refractivity contribution is 6.35. The van der Waals surface area contributed by atoms with Gasteiger partial charge in [-0.15, -0.1) is 13.2 Å². The molecular formula is C30H30Cl2F3N3O. The Hall–Kier alpha value is -2.71. The van der Waals surface area contributed by atoms with E-state index in [1.165, 1.54) is 17.7 Å². The number of rotatable bonds is 8. The molecule has 206 valence electrons. The standard InChI is InChI=1S/C30H30Cl2F3N3O/c1-2-12-38-20-25(22-7-9-23(10-8-22)39-30(33,34)35)24-17-21(6-11-29(24)38)18-36-13-15-37(16-14-36)19-26-27(31)4-3-5-28(26)32/h3-11,17,20H,2,12-16,18-19H2,1H3. The molecule has 0 bridgehead atoms. The molecule has 4 nitrogen and oxygen atoms in total. The Bertz CT molecular complexity index is 1410. The summed E-state index contributed by atoms with van der Waals surface area (Å²) in [6.45, 7) is 8.27. The molecule has 9 heteroatoms. The van der Waals surface area contributed by atoms with E-state index in [0.717, 1.165) is 79.8 Å². The summed E-state index contributed by atoms with van der Waals surface area (Å²) in [5.74, 6) is -0.222. The minimum Gasteiger partial charge on any atom is -0.406 e. The van der Waals surface area contributed by atoms with Gasteiger partial charge in [0.25, 0.3) is 0 Å². The van der Waals surface area contributed by atoms with Crippen molar-refractivity contribution in [3.63, 3.8) is 0 Å². The maximum atomic E-state index is 12.6. The van der Waals surface area contributed by atoms with Crippen LogP contribution in [0, 0.1) is 0 Å². The molecule has 0 aliphatic carbocycles. The van der Waals surface area contributed by atoms with Crippen molar-refractivity contribution >= 4 is 34.1 Å². The van der Waals surface area contributed by atoms with E-state index < -0.39 is 6.36 Å². The quantitative estimate of drug-likeness (QED) is 0.211. The molecule has 0 atom stereocenters. The number of halogens is 5. The summed E-state index contributed by atoms with van der Waals surface area (Å²) in [6, 6.07) is 18.3. The molecule has 1 aromatic heterocycles. The van der Waals surface area contributed by atoms with Gasteiger partial charge in [-0.25, -0.2) is 0 Å². The van der Waals surface area contributed by atoms with Crippen molar-refractivity contribution in [1.82, 2.24) is 14.4 Å². The molecule has 3 aromatic carbocycles. The highest BCUT2D eigenvalue weighted by Gasteiger charge is 2.31. The molecule has 1 aliphatic rings. The van der Waals surface area contributed by atoms with E-state index in [1.807, 2.05) is 18.2 Å². The van der Waals surface area contributed by atoms with Crippen molar-refractivity contribution in [3.05, 3.63) is 88.0 Å². The first-order valence-electron chi connectivity index (χ1n) is 13.1. The lowest BCUT2D eigenvalue weighted by molar-refractivity contribution is -0.274. The van der Waals surface area contributed by atoms with E-state index in [4.69, 9.17) is 23.2 Å². The van der Waals surface area contributed by atoms with E-state index in [0.29, 0.717) is 10.0 Å². The molecule has 1 fully saturated rings. The molecule has 5 rings (SSSR count). The van der Waals surface area contributed by atoms with E-state index >= 15 is 0 Å². The number of aryl methyl sites for hydroxylation is 1. The van der Waals surface area contributed by atoms with Crippen molar-refractivity contribution < 1.29 is 17.9 Å². The van der Waals surface area contributed by atoms with Crippen LogP contribution in [0.4, 0.5) is 13.2 Å². The third-order valence-corrected chi connectivity index (χ3v) is 7.83. The Morgan fingerprint density at radius 2 is 1.49 bits per heavy atom. The number of hydrogen-bond acceptors (Lipinski definition) is 3. The first-order chi connectivity index (χ1) is 18.7. The Labute approximate surface area is 236 Å². The minimum atomic E-state index is -4.71. The fourth-order valence-corrected chi connectivity index (χ4v) is 5.72. The van der Waals surface area contributed by atoms with Gasteiger partial charge in [-0.3, -0.25) is 9.80 Å². The SMILES string of the molecule is CCCn1cc(-c2ccc(OC(F)(F)F)cc2)c2cc(CN3CCN(Cc4c(Cl)cccc4Cl)CC3)ccc21. The molecule has 1 aliphatic heterocycles. The van der Waals surface area contributed by atoms with Gasteiger partial charge >= 0.3 is 6.36 Å². The Kier molecular flexibility index (Phi) is 8.43. The summed E-state index contributed by atoms with van der Waals surface area (Å²) >= 11 is 12.7. The number of fused-ring (bicyclic) bond motifs is 1. The van der Waals surface area contributed by atoms with Gasteiger partial charge in [-0.1, -0.05) is 54.4 Å². The summed E-state index contributed by atoms with van der Waals surface area (Å²) in [5.41, 5.74) is 5.15. The van der Waals surface area contributed by atoms with Gasteiger partial charge in [0.2, 0.25) is 0 Å². The molecule has 1 saturated heterocycles. The molecule has 4 aromatic rings. The first-order valence-corrected chi connectivity index (χ1v) is 13.8. The van der Waals surface area contributed by atoms with Crippen molar-refractivity contribution in [2.45, 2.75) is 39.3 Å². The number of benzene rings is 3. The van der Waals surface area contributed by atoms with Crippen molar-refractivity contribution in [3.8, 4) is 16.9 Å². The molecule has 0 amide bonds. The van der Waals surface area contributed by atoms with Crippen molar-refractivity contribution in [1.29, 1.82) is 0 Å². The lowest BCUT2D eigenvalue weighted by Crippen LogP contribution is -2.45. The third-order valence-electron chi connectivity index (χ3n) is 7.12. The van der Waals surface area contributed by atoms with Crippen LogP contribution in [0.1, 0.15) is 24.5 Å². The second-order valence-corrected chi connectivity index (χ2v) is 10.7. The van der Waals surface area contributed by atoms with Crippen molar-refractivity contribution in [2.75, 3.05) is 26.2 Å². The van der Waals surface area contributed by atoms with Gasteiger partial charge in [0.15, 0.2) is 0 Å². The van der Waals surface area contributed by atoms with Crippen LogP contribution < -0.4 is 4.74 Å². The molecule has 0 radical (unpaired) electrons. The van der Waals surface area contributed by atoms with E-state index in [2.05, 4.69) is 50.4 Å². The number of alkyl halides is 3. The highest BCUT2D eigenvalue weighted by Crippen LogP contribution is 2.34. The normalized spacial score (nSPS) is 15.2. The second-order valence-electron chi connectivity index (χ2n) is 9.91. The third kappa shape index (κ3) is 6.72. The number of piperazine rings is 1. The Morgan fingerprint density at radius 1 is 0.846 bits per heavy atom. The van der Waals surface area contributed by atoms with Gasteiger partial charge in [0, 0.05) is 84.1 Å². The van der Waals surface area contributed by atoms with Gasteiger partial charge in [0.05, 0.1) is 0 Å². The molecule has 2 heterocycles. The fourth-order valence-electron chi connectivity index (χ4n) is 5.21. The van der Waals surface area contributed by atoms with Crippen LogP contribution in [-0.2, 0) is 19.6 Å². The van der Waals surface area contributed by atoms with Crippen LogP contribution in [0.2, 0.25) is 10.0 Å². The maximum Gasteiger partial charge on any atom is 0.573 e. The molecule has 0 N–H and O–H groups in total. The summed E-state index contributed by atoms with van der Waals surface area (Å²) in [6.07, 6.45) is -1.64. The van der Waals surface area contributed by atoms with Gasteiger partial charge < -0.3 is 9.30 Å². The fraction of sp³-hybridized carbons (Fsp3) is 0.333. The van der Waals surface area contributed by atoms with Crippen LogP contribution in [0.25, 0.3) is 22.0 Å². The monoisotopic (exact) mass is 575 g/mol. The van der Waals surface area contributed by atoms with E-state index in [9.17, 15) is 13.2 Å². The summed E-state index contributed by atoms with van der Waals surface area (Å²) in [5, 5.41) is 2.50. The van der Waals surface area contributed by atoms with Crippen LogP contribution >= 0.6 is 23.2 Å². The zero-order chi connectivity index (χ0) is 27.6. The predicted octanol–water partition coefficient (Wildman–Crippen LogP) is 8.24. The summed E-state index contributed by atoms with van der Waals surface area (Å²) in [7, 11) is 0. The molecule has 0 spiro atoms. The van der Waals surface area contributed by atoms with Gasteiger partial charge in [0.1, 0.15) is 5.75 Å². The largest absolute Gasteiger partial charge is 0.573 e. The minimum absolute atomic E-state index is 0.222. The van der Waals surface area contributed by atoms with Crippen molar-refractivity contribution in [2.24, 2.45) is 0 Å². The first kappa shape index (κ1) is 27.8. The van der Waals surface area contributed by atoms with Crippen LogP contribution in [0.3, 0.4) is 0 Å². The topological polar surface area (TPSA) is 20.6 Å². The zero-order valence-electron chi connectivity index (χ0n) is 21.6. The predicted molar refractivity (Wildman–Crippen MR) is 151 cm³/mol. The lowest BCUT2D eigenvalue weighted by Gasteiger charge is -2.35. The van der Waals surface area contributed by atoms with Crippen LogP contribution in [0.15, 0.2) is 66.9 Å². The number of nitrogens with zero attached hydrogens (tertiary/aromatic N) is 3. The van der Waals surface area contributed by atoms with E-state index in [-0.39, 0.29) is 5.75 Å². The molecule has 0 unspecified atom stereocenters. The zero-order valence-corrected chi connectivity index (χ0v) is 23.2. The molecular weight excluding hydrogens is 546 g/mol. The molecule has 0 saturated carbocycles. The number of hydrogen-bond donors (Lipinski definition) is 0. The smallest absolute Gasteiger partial charge is 0.406 e. The summed E-state index contributed by atoms with van der Waals surface area (Å²) < 4.78 is 44.1.